The fourth-order valence-electron chi connectivity index (χ4n) is 4.23. The maximum Gasteiger partial charge on any atom is 0.317 e. The van der Waals surface area contributed by atoms with Crippen molar-refractivity contribution in [2.45, 2.75) is 25.9 Å². The lowest BCUT2D eigenvalue weighted by molar-refractivity contribution is -0.132. The van der Waals surface area contributed by atoms with Gasteiger partial charge in [0.15, 0.2) is 0 Å². The van der Waals surface area contributed by atoms with Gasteiger partial charge in [0.2, 0.25) is 5.91 Å². The molecule has 0 radical (unpaired) electrons. The second-order valence-electron chi connectivity index (χ2n) is 8.09. The van der Waals surface area contributed by atoms with Crippen LogP contribution in [0.5, 0.6) is 0 Å². The lowest BCUT2D eigenvalue weighted by Crippen LogP contribution is -2.38. The molecule has 1 saturated heterocycles. The van der Waals surface area contributed by atoms with E-state index in [0.29, 0.717) is 19.6 Å². The zero-order valence-corrected chi connectivity index (χ0v) is 16.5. The summed E-state index contributed by atoms with van der Waals surface area (Å²) >= 11 is 0. The number of carbonyl (C=O) groups is 2. The van der Waals surface area contributed by atoms with Crippen molar-refractivity contribution < 1.29 is 14.0 Å². The van der Waals surface area contributed by atoms with Crippen LogP contribution in [0, 0.1) is 17.2 Å². The van der Waals surface area contributed by atoms with Gasteiger partial charge >= 0.3 is 6.03 Å². The van der Waals surface area contributed by atoms with Crippen LogP contribution in [0.25, 0.3) is 0 Å². The predicted molar refractivity (Wildman–Crippen MR) is 106 cm³/mol. The van der Waals surface area contributed by atoms with E-state index in [4.69, 9.17) is 0 Å². The highest BCUT2D eigenvalue weighted by Crippen LogP contribution is 2.59. The second kappa shape index (κ2) is 7.81. The number of rotatable bonds is 5. The Bertz CT molecular complexity index is 907. The highest BCUT2D eigenvalue weighted by atomic mass is 19.1. The quantitative estimate of drug-likeness (QED) is 0.845. The Hall–Kier alpha value is -2.96. The van der Waals surface area contributed by atoms with Gasteiger partial charge in [0.1, 0.15) is 5.82 Å². The molecule has 29 heavy (non-hydrogen) atoms. The number of carbonyl (C=O) groups excluding carboxylic acids is 2. The van der Waals surface area contributed by atoms with E-state index in [2.05, 4.69) is 10.3 Å². The molecule has 2 atom stereocenters. The van der Waals surface area contributed by atoms with E-state index in [1.165, 1.54) is 12.1 Å². The van der Waals surface area contributed by atoms with Gasteiger partial charge in [-0.15, -0.1) is 0 Å². The first kappa shape index (κ1) is 19.4. The van der Waals surface area contributed by atoms with E-state index in [9.17, 15) is 14.0 Å². The summed E-state index contributed by atoms with van der Waals surface area (Å²) in [4.78, 5) is 33.1. The number of benzene rings is 1. The summed E-state index contributed by atoms with van der Waals surface area (Å²) in [7, 11) is 1.81. The van der Waals surface area contributed by atoms with Gasteiger partial charge < -0.3 is 15.1 Å². The number of nitrogens with zero attached hydrogens (tertiary/aromatic N) is 3. The number of pyridine rings is 1. The Labute approximate surface area is 169 Å². The molecule has 2 heterocycles. The molecule has 2 aliphatic rings. The van der Waals surface area contributed by atoms with Crippen LogP contribution < -0.4 is 5.32 Å². The van der Waals surface area contributed by atoms with Crippen LogP contribution in [0.4, 0.5) is 9.18 Å². The van der Waals surface area contributed by atoms with Gasteiger partial charge in [0.05, 0.1) is 12.2 Å². The van der Waals surface area contributed by atoms with Crippen molar-refractivity contribution in [2.24, 2.45) is 11.3 Å². The number of halogens is 1. The summed E-state index contributed by atoms with van der Waals surface area (Å²) in [6, 6.07) is 11.7. The molecule has 2 fully saturated rings. The van der Waals surface area contributed by atoms with E-state index < -0.39 is 0 Å². The second-order valence-corrected chi connectivity index (χ2v) is 8.09. The third kappa shape index (κ3) is 4.23. The zero-order valence-electron chi connectivity index (χ0n) is 16.5. The van der Waals surface area contributed by atoms with Crippen molar-refractivity contribution in [1.82, 2.24) is 20.1 Å². The molecule has 3 amide bonds. The van der Waals surface area contributed by atoms with E-state index in [1.807, 2.05) is 18.2 Å². The highest BCUT2D eigenvalue weighted by molar-refractivity contribution is 5.83. The fraction of sp³-hybridized carbons (Fsp3) is 0.409. The minimum atomic E-state index is -0.314. The molecule has 1 N–H and O–H groups in total. The molecule has 1 aliphatic carbocycles. The maximum atomic E-state index is 13.3. The number of hydrogen-bond donors (Lipinski definition) is 1. The number of nitrogens with one attached hydrogen (secondary N) is 1. The van der Waals surface area contributed by atoms with Crippen LogP contribution in [0.1, 0.15) is 24.1 Å². The highest BCUT2D eigenvalue weighted by Gasteiger charge is 2.61. The number of aromatic nitrogens is 1. The lowest BCUT2D eigenvalue weighted by Gasteiger charge is -2.20. The monoisotopic (exact) mass is 396 g/mol. The molecule has 0 bridgehead atoms. The van der Waals surface area contributed by atoms with Gasteiger partial charge in [-0.05, 0) is 42.7 Å². The van der Waals surface area contributed by atoms with Gasteiger partial charge in [-0.2, -0.15) is 0 Å². The smallest absolute Gasteiger partial charge is 0.317 e. The first-order valence-electron chi connectivity index (χ1n) is 9.89. The molecule has 6 nitrogen and oxygen atoms in total. The van der Waals surface area contributed by atoms with Crippen LogP contribution in [-0.2, 0) is 17.9 Å². The number of hydrogen-bond acceptors (Lipinski definition) is 3. The molecule has 1 aliphatic heterocycles. The van der Waals surface area contributed by atoms with Crippen molar-refractivity contribution >= 4 is 11.9 Å². The number of likely N-dealkylation sites (tertiary alicyclic amines) is 1. The predicted octanol–water partition coefficient (Wildman–Crippen LogP) is 2.80. The topological polar surface area (TPSA) is 65.5 Å². The largest absolute Gasteiger partial charge is 0.340 e. The molecule has 7 heteroatoms. The summed E-state index contributed by atoms with van der Waals surface area (Å²) in [5.41, 5.74) is 1.50. The van der Waals surface area contributed by atoms with E-state index in [1.54, 1.807) is 35.2 Å². The Morgan fingerprint density at radius 2 is 2.17 bits per heavy atom. The standard InChI is InChI=1S/C22H25FN4O2/c1-26(14-18-7-2-3-9-24-18)20(28)19-12-22(19)8-10-27(15-22)21(29)25-13-16-5-4-6-17(23)11-16/h2-7,9,11,19H,8,10,12-15H2,1H3,(H,25,29)/t19-,22-/m0/s1. The van der Waals surface area contributed by atoms with E-state index in [0.717, 1.165) is 24.1 Å². The van der Waals surface area contributed by atoms with Crippen LogP contribution in [0.2, 0.25) is 0 Å². The Balaban J connectivity index is 1.28. The molecule has 4 rings (SSSR count). The number of urea groups is 1. The average Bonchev–Trinajstić information content (AvgIpc) is 3.25. The third-order valence-electron chi connectivity index (χ3n) is 5.99. The van der Waals surface area contributed by atoms with Gasteiger partial charge in [0.25, 0.3) is 0 Å². The van der Waals surface area contributed by atoms with Gasteiger partial charge in [-0.25, -0.2) is 9.18 Å². The normalized spacial score (nSPS) is 22.6. The molecule has 1 saturated carbocycles. The molecule has 1 spiro atoms. The summed E-state index contributed by atoms with van der Waals surface area (Å²) in [6.45, 7) is 2.01. The number of amides is 3. The zero-order chi connectivity index (χ0) is 20.4. The summed E-state index contributed by atoms with van der Waals surface area (Å²) < 4.78 is 13.3. The summed E-state index contributed by atoms with van der Waals surface area (Å²) in [6.07, 6.45) is 3.39. The van der Waals surface area contributed by atoms with Crippen LogP contribution >= 0.6 is 0 Å². The van der Waals surface area contributed by atoms with Gasteiger partial charge in [0, 0.05) is 44.2 Å². The Morgan fingerprint density at radius 1 is 1.31 bits per heavy atom. The van der Waals surface area contributed by atoms with Crippen molar-refractivity contribution in [1.29, 1.82) is 0 Å². The van der Waals surface area contributed by atoms with Crippen LogP contribution in [0.15, 0.2) is 48.7 Å². The van der Waals surface area contributed by atoms with E-state index >= 15 is 0 Å². The minimum absolute atomic E-state index is 0.0303. The first-order chi connectivity index (χ1) is 14.0. The summed E-state index contributed by atoms with van der Waals surface area (Å²) in [5, 5.41) is 2.85. The lowest BCUT2D eigenvalue weighted by atomic mass is 10.0. The Morgan fingerprint density at radius 3 is 2.93 bits per heavy atom. The molecule has 1 aromatic heterocycles. The van der Waals surface area contributed by atoms with Crippen molar-refractivity contribution in [3.8, 4) is 0 Å². The molecular weight excluding hydrogens is 371 g/mol. The van der Waals surface area contributed by atoms with Gasteiger partial charge in [-0.1, -0.05) is 18.2 Å². The minimum Gasteiger partial charge on any atom is -0.340 e. The first-order valence-corrected chi connectivity index (χ1v) is 9.89. The fourth-order valence-corrected chi connectivity index (χ4v) is 4.23. The van der Waals surface area contributed by atoms with Crippen molar-refractivity contribution in [3.05, 3.63) is 65.7 Å². The average molecular weight is 396 g/mol. The Kier molecular flexibility index (Phi) is 5.22. The maximum absolute atomic E-state index is 13.3. The molecule has 0 unspecified atom stereocenters. The van der Waals surface area contributed by atoms with Crippen LogP contribution in [0.3, 0.4) is 0 Å². The summed E-state index contributed by atoms with van der Waals surface area (Å²) in [5.74, 6) is -0.221. The van der Waals surface area contributed by atoms with E-state index in [-0.39, 0.29) is 35.6 Å². The van der Waals surface area contributed by atoms with Gasteiger partial charge in [-0.3, -0.25) is 9.78 Å². The van der Waals surface area contributed by atoms with Crippen LogP contribution in [-0.4, -0.2) is 46.9 Å². The molecule has 1 aromatic carbocycles. The molecular formula is C22H25FN4O2. The SMILES string of the molecule is CN(Cc1ccccn1)C(=O)[C@@H]1C[C@]12CCN(C(=O)NCc1cccc(F)c1)C2. The van der Waals surface area contributed by atoms with Crippen molar-refractivity contribution in [2.75, 3.05) is 20.1 Å². The third-order valence-corrected chi connectivity index (χ3v) is 5.99. The molecule has 2 aromatic rings. The molecule has 152 valence electrons. The van der Waals surface area contributed by atoms with Crippen molar-refractivity contribution in [3.63, 3.8) is 0 Å².